The Morgan fingerprint density at radius 2 is 1.61 bits per heavy atom. The molecule has 3 aromatic carbocycles. The molecule has 0 N–H and O–H groups in total. The second kappa shape index (κ2) is 12.8. The van der Waals surface area contributed by atoms with E-state index in [0.717, 1.165) is 25.7 Å². The molecule has 0 aliphatic rings. The number of hydrogen-bond acceptors (Lipinski definition) is 5. The molecule has 0 spiro atoms. The lowest BCUT2D eigenvalue weighted by Crippen LogP contribution is -2.10. The molecule has 0 aromatic heterocycles. The lowest BCUT2D eigenvalue weighted by atomic mass is 10.1. The topological polar surface area (TPSA) is 61.8 Å². The number of aryl methyl sites for hydroxylation is 1. The largest absolute Gasteiger partial charge is 0.492 e. The molecule has 0 aliphatic carbocycles. The molecule has 3 aromatic rings. The van der Waals surface area contributed by atoms with Crippen LogP contribution in [0, 0.1) is 0 Å². The lowest BCUT2D eigenvalue weighted by Gasteiger charge is -2.10. The Labute approximate surface area is 202 Å². The fourth-order valence-electron chi connectivity index (χ4n) is 3.09. The zero-order chi connectivity index (χ0) is 23.5. The summed E-state index contributed by atoms with van der Waals surface area (Å²) in [6.07, 6.45) is 3.57. The van der Waals surface area contributed by atoms with Crippen molar-refractivity contribution in [2.24, 2.45) is 0 Å². The van der Waals surface area contributed by atoms with Gasteiger partial charge >= 0.3 is 11.9 Å². The van der Waals surface area contributed by atoms with Gasteiger partial charge in [-0.25, -0.2) is 9.59 Å². The Balaban J connectivity index is 1.53. The summed E-state index contributed by atoms with van der Waals surface area (Å²) in [6, 6.07) is 21.5. The number of carbonyl (C=O) groups excluding carboxylic acids is 2. The summed E-state index contributed by atoms with van der Waals surface area (Å²) < 4.78 is 17.2. The number of unbranched alkanes of at least 4 members (excludes halogenated alkanes) is 1. The zero-order valence-corrected chi connectivity index (χ0v) is 20.2. The summed E-state index contributed by atoms with van der Waals surface area (Å²) in [6.45, 7) is 3.03. The normalized spacial score (nSPS) is 10.5. The van der Waals surface area contributed by atoms with E-state index in [1.807, 2.05) is 30.3 Å². The molecule has 5 nitrogen and oxygen atoms in total. The van der Waals surface area contributed by atoms with Crippen molar-refractivity contribution in [2.75, 3.05) is 13.2 Å². The summed E-state index contributed by atoms with van der Waals surface area (Å²) in [5.74, 6) is -0.0170. The summed E-state index contributed by atoms with van der Waals surface area (Å²) in [5, 5.41) is 0. The fraction of sp³-hybridized carbons (Fsp3) is 0.259. The van der Waals surface area contributed by atoms with Crippen LogP contribution >= 0.6 is 15.9 Å². The van der Waals surface area contributed by atoms with E-state index >= 15 is 0 Å². The Morgan fingerprint density at radius 1 is 0.818 bits per heavy atom. The molecule has 0 atom stereocenters. The minimum Gasteiger partial charge on any atom is -0.492 e. The van der Waals surface area contributed by atoms with Gasteiger partial charge in [0.15, 0.2) is 0 Å². The van der Waals surface area contributed by atoms with Gasteiger partial charge < -0.3 is 14.2 Å². The molecule has 0 aliphatic heterocycles. The molecule has 33 heavy (non-hydrogen) atoms. The smallest absolute Gasteiger partial charge is 0.343 e. The van der Waals surface area contributed by atoms with Gasteiger partial charge in [0.2, 0.25) is 0 Å². The Morgan fingerprint density at radius 3 is 2.36 bits per heavy atom. The third-order valence-corrected chi connectivity index (χ3v) is 5.51. The van der Waals surface area contributed by atoms with Crippen LogP contribution in [0.1, 0.15) is 52.5 Å². The van der Waals surface area contributed by atoms with Crippen LogP contribution in [0.2, 0.25) is 0 Å². The molecule has 0 bridgehead atoms. The Kier molecular flexibility index (Phi) is 9.51. The number of rotatable bonds is 11. The number of benzene rings is 3. The maximum atomic E-state index is 12.6. The lowest BCUT2D eigenvalue weighted by molar-refractivity contribution is 0.0498. The second-order valence-corrected chi connectivity index (χ2v) is 8.34. The Bertz CT molecular complexity index is 1070. The highest BCUT2D eigenvalue weighted by molar-refractivity contribution is 9.10. The van der Waals surface area contributed by atoms with Gasteiger partial charge in [-0.3, -0.25) is 0 Å². The average Bonchev–Trinajstić information content (AvgIpc) is 2.83. The molecular formula is C27H27BrO5. The van der Waals surface area contributed by atoms with Gasteiger partial charge in [0, 0.05) is 0 Å². The quantitative estimate of drug-likeness (QED) is 0.164. The van der Waals surface area contributed by atoms with Gasteiger partial charge in [-0.1, -0.05) is 49.7 Å². The first-order valence-corrected chi connectivity index (χ1v) is 11.8. The average molecular weight is 511 g/mol. The molecule has 0 fully saturated rings. The van der Waals surface area contributed by atoms with Crippen LogP contribution in [-0.4, -0.2) is 25.2 Å². The number of ether oxygens (including phenoxy) is 3. The van der Waals surface area contributed by atoms with Crippen molar-refractivity contribution in [3.8, 4) is 11.5 Å². The summed E-state index contributed by atoms with van der Waals surface area (Å²) in [5.41, 5.74) is 1.91. The minimum absolute atomic E-state index is 0.276. The summed E-state index contributed by atoms with van der Waals surface area (Å²) in [7, 11) is 0. The van der Waals surface area contributed by atoms with E-state index in [1.165, 1.54) is 11.6 Å². The van der Waals surface area contributed by atoms with Gasteiger partial charge in [0.25, 0.3) is 0 Å². The highest BCUT2D eigenvalue weighted by atomic mass is 79.9. The van der Waals surface area contributed by atoms with E-state index in [2.05, 4.69) is 22.9 Å². The van der Waals surface area contributed by atoms with Gasteiger partial charge in [-0.05, 0) is 77.2 Å². The zero-order valence-electron chi connectivity index (χ0n) is 18.6. The molecule has 0 saturated heterocycles. The van der Waals surface area contributed by atoms with E-state index in [9.17, 15) is 9.59 Å². The standard InChI is InChI=1S/C27H27BrO5/c1-2-3-16-31-25-15-14-22(19-24(25)28)27(30)33-23-13-7-12-21(18-23)26(29)32-17-8-11-20-9-5-4-6-10-20/h4-7,9-10,12-15,18-19H,2-3,8,11,16-17H2,1H3. The first-order valence-electron chi connectivity index (χ1n) is 11.0. The van der Waals surface area contributed by atoms with E-state index in [0.29, 0.717) is 34.6 Å². The van der Waals surface area contributed by atoms with Crippen LogP contribution < -0.4 is 9.47 Å². The van der Waals surface area contributed by atoms with Gasteiger partial charge in [0.05, 0.1) is 28.8 Å². The van der Waals surface area contributed by atoms with Crippen LogP contribution in [0.25, 0.3) is 0 Å². The molecule has 3 rings (SSSR count). The molecule has 0 amide bonds. The van der Waals surface area contributed by atoms with Crippen LogP contribution in [0.15, 0.2) is 77.3 Å². The van der Waals surface area contributed by atoms with Crippen molar-refractivity contribution >= 4 is 27.9 Å². The summed E-state index contributed by atoms with van der Waals surface area (Å²) >= 11 is 3.43. The molecular weight excluding hydrogens is 484 g/mol. The fourth-order valence-corrected chi connectivity index (χ4v) is 3.59. The first-order chi connectivity index (χ1) is 16.1. The van der Waals surface area contributed by atoms with Crippen molar-refractivity contribution < 1.29 is 23.8 Å². The highest BCUT2D eigenvalue weighted by Gasteiger charge is 2.14. The van der Waals surface area contributed by atoms with E-state index in [-0.39, 0.29) is 5.75 Å². The van der Waals surface area contributed by atoms with Gasteiger partial charge in [-0.2, -0.15) is 0 Å². The van der Waals surface area contributed by atoms with Gasteiger partial charge in [-0.15, -0.1) is 0 Å². The third kappa shape index (κ3) is 7.75. The van der Waals surface area contributed by atoms with Crippen molar-refractivity contribution in [1.29, 1.82) is 0 Å². The number of hydrogen-bond donors (Lipinski definition) is 0. The van der Waals surface area contributed by atoms with Crippen LogP contribution in [-0.2, 0) is 11.2 Å². The number of halogens is 1. The SMILES string of the molecule is CCCCOc1ccc(C(=O)Oc2cccc(C(=O)OCCCc3ccccc3)c2)cc1Br. The highest BCUT2D eigenvalue weighted by Crippen LogP contribution is 2.27. The van der Waals surface area contributed by atoms with Crippen molar-refractivity contribution in [3.05, 3.63) is 94.0 Å². The predicted octanol–water partition coefficient (Wildman–Crippen LogP) is 6.64. The van der Waals surface area contributed by atoms with Crippen molar-refractivity contribution in [1.82, 2.24) is 0 Å². The third-order valence-electron chi connectivity index (χ3n) is 4.89. The van der Waals surface area contributed by atoms with Crippen LogP contribution in [0.3, 0.4) is 0 Å². The first kappa shape index (κ1) is 24.5. The van der Waals surface area contributed by atoms with E-state index in [1.54, 1.807) is 36.4 Å². The van der Waals surface area contributed by atoms with Crippen LogP contribution in [0.5, 0.6) is 11.5 Å². The minimum atomic E-state index is -0.524. The van der Waals surface area contributed by atoms with Crippen LogP contribution in [0.4, 0.5) is 0 Å². The number of carbonyl (C=O) groups is 2. The molecule has 172 valence electrons. The van der Waals surface area contributed by atoms with Crippen molar-refractivity contribution in [2.45, 2.75) is 32.6 Å². The summed E-state index contributed by atoms with van der Waals surface area (Å²) in [4.78, 5) is 24.9. The maximum absolute atomic E-state index is 12.6. The monoisotopic (exact) mass is 510 g/mol. The van der Waals surface area contributed by atoms with E-state index in [4.69, 9.17) is 14.2 Å². The Hall–Kier alpha value is -3.12. The van der Waals surface area contributed by atoms with Gasteiger partial charge in [0.1, 0.15) is 11.5 Å². The molecule has 0 radical (unpaired) electrons. The van der Waals surface area contributed by atoms with Crippen molar-refractivity contribution in [3.63, 3.8) is 0 Å². The predicted molar refractivity (Wildman–Crippen MR) is 131 cm³/mol. The van der Waals surface area contributed by atoms with E-state index < -0.39 is 11.9 Å². The maximum Gasteiger partial charge on any atom is 0.343 e. The molecule has 0 saturated carbocycles. The molecule has 0 unspecified atom stereocenters. The molecule has 0 heterocycles. The number of esters is 2. The molecule has 6 heteroatoms. The second-order valence-electron chi connectivity index (χ2n) is 7.49.